The zero-order valence-electron chi connectivity index (χ0n) is 14.5. The van der Waals surface area contributed by atoms with Gasteiger partial charge < -0.3 is 10.2 Å². The molecule has 0 aliphatic carbocycles. The fraction of sp³-hybridized carbons (Fsp3) is 0.400. The zero-order valence-corrected chi connectivity index (χ0v) is 14.5. The lowest BCUT2D eigenvalue weighted by molar-refractivity contribution is -0.115. The molecule has 1 aromatic carbocycles. The molecule has 0 bridgehead atoms. The van der Waals surface area contributed by atoms with Crippen LogP contribution in [0.3, 0.4) is 0 Å². The number of nitrogens with one attached hydrogen (secondary N) is 1. The Morgan fingerprint density at radius 1 is 1.29 bits per heavy atom. The standard InChI is InChI=1S/C20H25N3O/c1-15-6-5-11-23(14-15)19-10-9-18(13-21-19)22-20(24)12-17-8-4-3-7-16(17)2/h3-4,7-10,13,15H,5-6,11-12,14H2,1-2H3,(H,22,24). The van der Waals surface area contributed by atoms with Crippen molar-refractivity contribution >= 4 is 17.4 Å². The largest absolute Gasteiger partial charge is 0.356 e. The van der Waals surface area contributed by atoms with Crippen LogP contribution in [-0.2, 0) is 11.2 Å². The number of amides is 1. The highest BCUT2D eigenvalue weighted by molar-refractivity contribution is 5.92. The van der Waals surface area contributed by atoms with Crippen molar-refractivity contribution in [1.29, 1.82) is 0 Å². The quantitative estimate of drug-likeness (QED) is 0.930. The summed E-state index contributed by atoms with van der Waals surface area (Å²) in [4.78, 5) is 19.1. The molecule has 126 valence electrons. The molecule has 3 rings (SSSR count). The summed E-state index contributed by atoms with van der Waals surface area (Å²) in [6, 6.07) is 11.9. The highest BCUT2D eigenvalue weighted by Gasteiger charge is 2.17. The van der Waals surface area contributed by atoms with Gasteiger partial charge in [-0.15, -0.1) is 0 Å². The summed E-state index contributed by atoms with van der Waals surface area (Å²) in [5, 5.41) is 2.94. The van der Waals surface area contributed by atoms with Crippen LogP contribution in [0.15, 0.2) is 42.6 Å². The number of piperidine rings is 1. The van der Waals surface area contributed by atoms with E-state index in [4.69, 9.17) is 0 Å². The first kappa shape index (κ1) is 16.5. The maximum atomic E-state index is 12.2. The average Bonchev–Trinajstić information content (AvgIpc) is 2.58. The van der Waals surface area contributed by atoms with Crippen LogP contribution in [0.2, 0.25) is 0 Å². The number of hydrogen-bond donors (Lipinski definition) is 1. The number of aromatic nitrogens is 1. The molecule has 0 spiro atoms. The molecule has 2 heterocycles. The number of anilines is 2. The average molecular weight is 323 g/mol. The predicted molar refractivity (Wildman–Crippen MR) is 98.4 cm³/mol. The fourth-order valence-electron chi connectivity index (χ4n) is 3.23. The first-order chi connectivity index (χ1) is 11.6. The van der Waals surface area contributed by atoms with Crippen molar-refractivity contribution in [3.63, 3.8) is 0 Å². The zero-order chi connectivity index (χ0) is 16.9. The van der Waals surface area contributed by atoms with Crippen molar-refractivity contribution in [2.45, 2.75) is 33.1 Å². The third-order valence-electron chi connectivity index (χ3n) is 4.62. The lowest BCUT2D eigenvalue weighted by atomic mass is 10.0. The summed E-state index contributed by atoms with van der Waals surface area (Å²) in [7, 11) is 0. The van der Waals surface area contributed by atoms with Gasteiger partial charge in [0.05, 0.1) is 18.3 Å². The summed E-state index contributed by atoms with van der Waals surface area (Å²) in [6.45, 7) is 6.44. The van der Waals surface area contributed by atoms with Gasteiger partial charge in [0.25, 0.3) is 0 Å². The number of hydrogen-bond acceptors (Lipinski definition) is 3. The normalized spacial score (nSPS) is 17.6. The van der Waals surface area contributed by atoms with Crippen molar-refractivity contribution in [3.05, 3.63) is 53.7 Å². The number of nitrogens with zero attached hydrogens (tertiary/aromatic N) is 2. The third-order valence-corrected chi connectivity index (χ3v) is 4.62. The summed E-state index contributed by atoms with van der Waals surface area (Å²) in [6.07, 6.45) is 4.66. The molecule has 1 aromatic heterocycles. The van der Waals surface area contributed by atoms with Crippen LogP contribution in [0.5, 0.6) is 0 Å². The number of rotatable bonds is 4. The van der Waals surface area contributed by atoms with Gasteiger partial charge in [-0.05, 0) is 48.9 Å². The van der Waals surface area contributed by atoms with E-state index in [-0.39, 0.29) is 5.91 Å². The lowest BCUT2D eigenvalue weighted by Gasteiger charge is -2.31. The maximum absolute atomic E-state index is 12.2. The van der Waals surface area contributed by atoms with Crippen molar-refractivity contribution < 1.29 is 4.79 Å². The molecule has 1 atom stereocenters. The predicted octanol–water partition coefficient (Wildman–Crippen LogP) is 3.81. The number of carbonyl (C=O) groups is 1. The second-order valence-corrected chi connectivity index (χ2v) is 6.75. The van der Waals surface area contributed by atoms with E-state index in [1.54, 1.807) is 6.20 Å². The summed E-state index contributed by atoms with van der Waals surface area (Å²) >= 11 is 0. The number of benzene rings is 1. The smallest absolute Gasteiger partial charge is 0.228 e. The van der Waals surface area contributed by atoms with Crippen LogP contribution in [0.1, 0.15) is 30.9 Å². The Kier molecular flexibility index (Phi) is 5.14. The van der Waals surface area contributed by atoms with Gasteiger partial charge in [0.1, 0.15) is 5.82 Å². The van der Waals surface area contributed by atoms with Gasteiger partial charge in [0, 0.05) is 13.1 Å². The molecule has 2 aromatic rings. The minimum absolute atomic E-state index is 0.00885. The topological polar surface area (TPSA) is 45.2 Å². The summed E-state index contributed by atoms with van der Waals surface area (Å²) in [5.41, 5.74) is 2.95. The van der Waals surface area contributed by atoms with Gasteiger partial charge in [0.2, 0.25) is 5.91 Å². The van der Waals surface area contributed by atoms with Gasteiger partial charge in [-0.2, -0.15) is 0 Å². The second-order valence-electron chi connectivity index (χ2n) is 6.75. The number of carbonyl (C=O) groups excluding carboxylic acids is 1. The van der Waals surface area contributed by atoms with Gasteiger partial charge in [-0.3, -0.25) is 4.79 Å². The van der Waals surface area contributed by atoms with Crippen molar-refractivity contribution in [3.8, 4) is 0 Å². The van der Waals surface area contributed by atoms with Gasteiger partial charge in [0.15, 0.2) is 0 Å². The van der Waals surface area contributed by atoms with Crippen molar-refractivity contribution in [2.75, 3.05) is 23.3 Å². The molecule has 1 aliphatic rings. The molecular formula is C20H25N3O. The van der Waals surface area contributed by atoms with E-state index in [0.29, 0.717) is 12.3 Å². The summed E-state index contributed by atoms with van der Waals surface area (Å²) in [5.74, 6) is 1.71. The van der Waals surface area contributed by atoms with E-state index in [1.165, 1.54) is 12.8 Å². The molecular weight excluding hydrogens is 298 g/mol. The summed E-state index contributed by atoms with van der Waals surface area (Å²) < 4.78 is 0. The monoisotopic (exact) mass is 323 g/mol. The first-order valence-corrected chi connectivity index (χ1v) is 8.67. The molecule has 1 aliphatic heterocycles. The SMILES string of the molecule is Cc1ccccc1CC(=O)Nc1ccc(N2CCCC(C)C2)nc1. The molecule has 0 radical (unpaired) electrons. The minimum Gasteiger partial charge on any atom is -0.356 e. The van der Waals surface area contributed by atoms with Crippen LogP contribution < -0.4 is 10.2 Å². The minimum atomic E-state index is -0.00885. The van der Waals surface area contributed by atoms with Crippen LogP contribution >= 0.6 is 0 Å². The van der Waals surface area contributed by atoms with E-state index in [0.717, 1.165) is 35.7 Å². The van der Waals surface area contributed by atoms with Gasteiger partial charge >= 0.3 is 0 Å². The van der Waals surface area contributed by atoms with Crippen LogP contribution in [-0.4, -0.2) is 24.0 Å². The van der Waals surface area contributed by atoms with Crippen LogP contribution in [0.4, 0.5) is 11.5 Å². The molecule has 24 heavy (non-hydrogen) atoms. The van der Waals surface area contributed by atoms with E-state index in [2.05, 4.69) is 22.1 Å². The Morgan fingerprint density at radius 2 is 2.12 bits per heavy atom. The highest BCUT2D eigenvalue weighted by Crippen LogP contribution is 2.22. The molecule has 4 heteroatoms. The van der Waals surface area contributed by atoms with E-state index in [1.807, 2.05) is 43.3 Å². The van der Waals surface area contributed by atoms with Crippen molar-refractivity contribution in [1.82, 2.24) is 4.98 Å². The van der Waals surface area contributed by atoms with E-state index in [9.17, 15) is 4.79 Å². The molecule has 4 nitrogen and oxygen atoms in total. The van der Waals surface area contributed by atoms with E-state index >= 15 is 0 Å². The lowest BCUT2D eigenvalue weighted by Crippen LogP contribution is -2.34. The number of aryl methyl sites for hydroxylation is 1. The maximum Gasteiger partial charge on any atom is 0.228 e. The molecule has 1 saturated heterocycles. The van der Waals surface area contributed by atoms with Crippen LogP contribution in [0.25, 0.3) is 0 Å². The molecule has 1 unspecified atom stereocenters. The second kappa shape index (κ2) is 7.47. The Morgan fingerprint density at radius 3 is 2.83 bits per heavy atom. The molecule has 1 amide bonds. The molecule has 1 N–H and O–H groups in total. The number of pyridine rings is 1. The molecule has 0 saturated carbocycles. The Bertz CT molecular complexity index is 696. The first-order valence-electron chi connectivity index (χ1n) is 8.67. The molecule has 1 fully saturated rings. The Balaban J connectivity index is 1.59. The fourth-order valence-corrected chi connectivity index (χ4v) is 3.23. The van der Waals surface area contributed by atoms with Crippen LogP contribution in [0, 0.1) is 12.8 Å². The van der Waals surface area contributed by atoms with Gasteiger partial charge in [-0.25, -0.2) is 4.98 Å². The van der Waals surface area contributed by atoms with Gasteiger partial charge in [-0.1, -0.05) is 31.2 Å². The Hall–Kier alpha value is -2.36. The van der Waals surface area contributed by atoms with Crippen molar-refractivity contribution in [2.24, 2.45) is 5.92 Å². The van der Waals surface area contributed by atoms with E-state index < -0.39 is 0 Å². The Labute approximate surface area is 143 Å². The highest BCUT2D eigenvalue weighted by atomic mass is 16.1. The third kappa shape index (κ3) is 4.13.